The molecule has 4 N–H and O–H groups in total. The predicted molar refractivity (Wildman–Crippen MR) is 139 cm³/mol. The molecule has 0 saturated heterocycles. The molecule has 8 nitrogen and oxygen atoms in total. The van der Waals surface area contributed by atoms with Gasteiger partial charge in [-0.15, -0.1) is 0 Å². The van der Waals surface area contributed by atoms with Crippen LogP contribution in [0, 0.1) is 0 Å². The monoisotopic (exact) mass is 518 g/mol. The van der Waals surface area contributed by atoms with E-state index in [9.17, 15) is 18.4 Å². The van der Waals surface area contributed by atoms with E-state index in [2.05, 4.69) is 0 Å². The first-order valence-corrected chi connectivity index (χ1v) is 12.8. The highest BCUT2D eigenvalue weighted by Gasteiger charge is 2.29. The molecule has 0 radical (unpaired) electrons. The van der Waals surface area contributed by atoms with Gasteiger partial charge in [0.2, 0.25) is 9.84 Å². The van der Waals surface area contributed by atoms with E-state index in [4.69, 9.17) is 15.2 Å². The van der Waals surface area contributed by atoms with Crippen molar-refractivity contribution in [1.29, 1.82) is 0 Å². The van der Waals surface area contributed by atoms with Gasteiger partial charge in [0.25, 0.3) is 5.91 Å². The van der Waals surface area contributed by atoms with Crippen molar-refractivity contribution in [3.63, 3.8) is 0 Å². The Kier molecular flexibility index (Phi) is 7.76. The molecule has 0 aliphatic rings. The summed E-state index contributed by atoms with van der Waals surface area (Å²) >= 11 is 0. The highest BCUT2D eigenvalue weighted by Crippen LogP contribution is 2.40. The fourth-order valence-corrected chi connectivity index (χ4v) is 5.33. The van der Waals surface area contributed by atoms with Crippen LogP contribution >= 0.6 is 0 Å². The zero-order chi connectivity index (χ0) is 26.4. The molecule has 1 amide bonds. The number of sulfone groups is 1. The standard InChI is InChI=1S/C28H26N2O6S/c1-35-21-12-14-22(15-13-21)37(33,34)25-17-24(28(31)30-32)23(16-19-8-4-2-5-9-19)27(26(25)29)36-18-20-10-6-3-7-11-20/h2-15,17,32H,16,18,29H2,1H3,(H,30,31). The number of rotatable bonds is 9. The summed E-state index contributed by atoms with van der Waals surface area (Å²) in [6.07, 6.45) is 0.209. The minimum atomic E-state index is -4.18. The summed E-state index contributed by atoms with van der Waals surface area (Å²) in [5, 5.41) is 9.48. The highest BCUT2D eigenvalue weighted by atomic mass is 32.2. The van der Waals surface area contributed by atoms with E-state index in [1.807, 2.05) is 60.7 Å². The molecule has 0 aliphatic heterocycles. The van der Waals surface area contributed by atoms with Crippen molar-refractivity contribution in [2.75, 3.05) is 12.8 Å². The maximum Gasteiger partial charge on any atom is 0.275 e. The summed E-state index contributed by atoms with van der Waals surface area (Å²) < 4.78 is 38.5. The lowest BCUT2D eigenvalue weighted by molar-refractivity contribution is 0.0704. The number of hydroxylamine groups is 1. The van der Waals surface area contributed by atoms with Crippen molar-refractivity contribution in [1.82, 2.24) is 5.48 Å². The van der Waals surface area contributed by atoms with Crippen LogP contribution in [0.5, 0.6) is 11.5 Å². The number of hydrogen-bond donors (Lipinski definition) is 3. The largest absolute Gasteiger partial charge is 0.497 e. The van der Waals surface area contributed by atoms with Crippen LogP contribution in [0.3, 0.4) is 0 Å². The number of nitrogens with one attached hydrogen (secondary N) is 1. The van der Waals surface area contributed by atoms with Crippen molar-refractivity contribution in [3.05, 3.63) is 113 Å². The smallest absolute Gasteiger partial charge is 0.275 e. The molecule has 4 aromatic rings. The molecule has 0 unspecified atom stereocenters. The molecular weight excluding hydrogens is 492 g/mol. The Morgan fingerprint density at radius 3 is 2.08 bits per heavy atom. The second-order valence-corrected chi connectivity index (χ2v) is 10.1. The van der Waals surface area contributed by atoms with Gasteiger partial charge in [-0.3, -0.25) is 10.0 Å². The highest BCUT2D eigenvalue weighted by molar-refractivity contribution is 7.91. The van der Waals surface area contributed by atoms with Gasteiger partial charge in [0.1, 0.15) is 18.1 Å². The average molecular weight is 519 g/mol. The van der Waals surface area contributed by atoms with Crippen molar-refractivity contribution in [2.24, 2.45) is 0 Å². The zero-order valence-electron chi connectivity index (χ0n) is 20.0. The molecule has 0 aliphatic carbocycles. The Hall–Kier alpha value is -4.34. The minimum absolute atomic E-state index is 0.0415. The first kappa shape index (κ1) is 25.7. The van der Waals surface area contributed by atoms with Gasteiger partial charge in [0, 0.05) is 12.0 Å². The summed E-state index contributed by atoms with van der Waals surface area (Å²) in [6.45, 7) is 0.0824. The lowest BCUT2D eigenvalue weighted by Gasteiger charge is -2.20. The fourth-order valence-electron chi connectivity index (χ4n) is 3.93. The first-order chi connectivity index (χ1) is 17.8. The maximum atomic E-state index is 13.6. The molecule has 4 aromatic carbocycles. The summed E-state index contributed by atoms with van der Waals surface area (Å²) in [4.78, 5) is 12.4. The van der Waals surface area contributed by atoms with Crippen LogP contribution in [-0.2, 0) is 22.9 Å². The van der Waals surface area contributed by atoms with Crippen molar-refractivity contribution in [2.45, 2.75) is 22.8 Å². The summed E-state index contributed by atoms with van der Waals surface area (Å²) in [6, 6.07) is 25.5. The number of nitrogens with two attached hydrogens (primary N) is 1. The van der Waals surface area contributed by atoms with E-state index < -0.39 is 15.7 Å². The average Bonchev–Trinajstić information content (AvgIpc) is 2.93. The van der Waals surface area contributed by atoms with Gasteiger partial charge in [0.05, 0.1) is 28.2 Å². The molecule has 0 heterocycles. The van der Waals surface area contributed by atoms with Gasteiger partial charge in [-0.05, 0) is 41.5 Å². The van der Waals surface area contributed by atoms with Crippen LogP contribution in [0.25, 0.3) is 0 Å². The van der Waals surface area contributed by atoms with Crippen molar-refractivity contribution in [3.8, 4) is 11.5 Å². The van der Waals surface area contributed by atoms with Crippen LogP contribution in [0.15, 0.2) is 101 Å². The lowest BCUT2D eigenvalue weighted by Crippen LogP contribution is -2.22. The Morgan fingerprint density at radius 1 is 0.919 bits per heavy atom. The topological polar surface area (TPSA) is 128 Å². The minimum Gasteiger partial charge on any atom is -0.497 e. The van der Waals surface area contributed by atoms with E-state index in [0.29, 0.717) is 11.3 Å². The Morgan fingerprint density at radius 2 is 1.51 bits per heavy atom. The molecule has 37 heavy (non-hydrogen) atoms. The lowest BCUT2D eigenvalue weighted by atomic mass is 9.97. The van der Waals surface area contributed by atoms with E-state index >= 15 is 0 Å². The molecule has 4 rings (SSSR count). The number of methoxy groups -OCH3 is 1. The molecule has 190 valence electrons. The van der Waals surface area contributed by atoms with Crippen molar-refractivity contribution < 1.29 is 27.9 Å². The number of carbonyl (C=O) groups is 1. The number of ether oxygens (including phenoxy) is 2. The Labute approximate surface area is 215 Å². The van der Waals surface area contributed by atoms with E-state index in [0.717, 1.165) is 11.1 Å². The van der Waals surface area contributed by atoms with Crippen LogP contribution in [0.1, 0.15) is 27.0 Å². The van der Waals surface area contributed by atoms with Crippen LogP contribution in [-0.4, -0.2) is 26.6 Å². The predicted octanol–water partition coefficient (Wildman–Crippen LogP) is 4.40. The van der Waals surface area contributed by atoms with Gasteiger partial charge in [-0.1, -0.05) is 60.7 Å². The maximum absolute atomic E-state index is 13.6. The van der Waals surface area contributed by atoms with E-state index in [-0.39, 0.29) is 39.8 Å². The molecule has 0 bridgehead atoms. The number of nitrogen functional groups attached to an aromatic ring is 1. The fraction of sp³-hybridized carbons (Fsp3) is 0.107. The van der Waals surface area contributed by atoms with Gasteiger partial charge in [-0.2, -0.15) is 0 Å². The van der Waals surface area contributed by atoms with E-state index in [1.54, 1.807) is 5.48 Å². The Balaban J connectivity index is 1.91. The van der Waals surface area contributed by atoms with Gasteiger partial charge in [-0.25, -0.2) is 13.9 Å². The Bertz CT molecular complexity index is 1490. The normalized spacial score (nSPS) is 11.1. The second kappa shape index (κ2) is 11.2. The third-order valence-electron chi connectivity index (χ3n) is 5.84. The molecule has 0 aromatic heterocycles. The molecule has 0 spiro atoms. The molecular formula is C28H26N2O6S. The molecule has 0 atom stereocenters. The van der Waals surface area contributed by atoms with Crippen LogP contribution in [0.4, 0.5) is 5.69 Å². The SMILES string of the molecule is COc1ccc(S(=O)(=O)c2cc(C(=O)NO)c(Cc3ccccc3)c(OCc3ccccc3)c2N)cc1. The third kappa shape index (κ3) is 5.58. The molecule has 9 heteroatoms. The van der Waals surface area contributed by atoms with Crippen LogP contribution < -0.4 is 20.7 Å². The summed E-state index contributed by atoms with van der Waals surface area (Å²) in [7, 11) is -2.70. The first-order valence-electron chi connectivity index (χ1n) is 11.3. The number of hydrogen-bond acceptors (Lipinski definition) is 7. The van der Waals surface area contributed by atoms with Crippen LogP contribution in [0.2, 0.25) is 0 Å². The second-order valence-electron chi connectivity index (χ2n) is 8.20. The van der Waals surface area contributed by atoms with Crippen molar-refractivity contribution >= 4 is 21.4 Å². The summed E-state index contributed by atoms with van der Waals surface area (Å²) in [5.74, 6) is -0.347. The quantitative estimate of drug-likeness (QED) is 0.170. The number of anilines is 1. The molecule has 0 fully saturated rings. The molecule has 0 saturated carbocycles. The number of amides is 1. The number of carbonyl (C=O) groups excluding carboxylic acids is 1. The van der Waals surface area contributed by atoms with E-state index in [1.165, 1.54) is 37.4 Å². The third-order valence-corrected chi connectivity index (χ3v) is 7.65. The van der Waals surface area contributed by atoms with Gasteiger partial charge >= 0.3 is 0 Å². The number of benzene rings is 4. The van der Waals surface area contributed by atoms with Gasteiger partial charge < -0.3 is 15.2 Å². The van der Waals surface area contributed by atoms with Gasteiger partial charge in [0.15, 0.2) is 0 Å². The zero-order valence-corrected chi connectivity index (χ0v) is 20.9. The summed E-state index contributed by atoms with van der Waals surface area (Å²) in [5.41, 5.74) is 9.89.